The van der Waals surface area contributed by atoms with Crippen LogP contribution in [0.3, 0.4) is 0 Å². The van der Waals surface area contributed by atoms with Crippen molar-refractivity contribution in [2.75, 3.05) is 33.4 Å². The molecule has 1 saturated carbocycles. The van der Waals surface area contributed by atoms with Gasteiger partial charge in [-0.3, -0.25) is 0 Å². The van der Waals surface area contributed by atoms with Crippen molar-refractivity contribution in [3.05, 3.63) is 35.4 Å². The van der Waals surface area contributed by atoms with E-state index in [1.165, 1.54) is 24.0 Å². The second kappa shape index (κ2) is 8.79. The van der Waals surface area contributed by atoms with Gasteiger partial charge in [0.15, 0.2) is 5.96 Å². The molecule has 2 rings (SSSR count). The maximum atomic E-state index is 5.71. The first kappa shape index (κ1) is 16.8. The predicted octanol–water partition coefficient (Wildman–Crippen LogP) is 2.82. The monoisotopic (exact) mass is 303 g/mol. The highest BCUT2D eigenvalue weighted by Gasteiger charge is 2.21. The van der Waals surface area contributed by atoms with Crippen LogP contribution in [-0.2, 0) is 11.3 Å². The summed E-state index contributed by atoms with van der Waals surface area (Å²) < 4.78 is 5.71. The van der Waals surface area contributed by atoms with Gasteiger partial charge >= 0.3 is 0 Å². The fraction of sp³-hybridized carbons (Fsp3) is 0.611. The molecule has 4 nitrogen and oxygen atoms in total. The average molecular weight is 303 g/mol. The number of hydrogen-bond acceptors (Lipinski definition) is 2. The highest BCUT2D eigenvalue weighted by atomic mass is 16.5. The molecule has 0 atom stereocenters. The number of benzene rings is 1. The zero-order chi connectivity index (χ0) is 15.8. The molecule has 22 heavy (non-hydrogen) atoms. The molecular formula is C18H29N3O. The van der Waals surface area contributed by atoms with Crippen LogP contribution < -0.4 is 5.32 Å². The molecule has 4 heteroatoms. The first-order chi connectivity index (χ1) is 10.7. The Bertz CT molecular complexity index is 483. The van der Waals surface area contributed by atoms with Gasteiger partial charge in [0.05, 0.1) is 13.2 Å². The van der Waals surface area contributed by atoms with Gasteiger partial charge in [-0.2, -0.15) is 0 Å². The number of nitrogens with zero attached hydrogens (tertiary/aromatic N) is 2. The number of likely N-dealkylation sites (N-methyl/N-ethyl adjacent to an activating group) is 1. The molecule has 0 amide bonds. The van der Waals surface area contributed by atoms with E-state index in [-0.39, 0.29) is 0 Å². The molecule has 1 fully saturated rings. The van der Waals surface area contributed by atoms with Crippen LogP contribution in [0.15, 0.2) is 29.3 Å². The summed E-state index contributed by atoms with van der Waals surface area (Å²) in [5.41, 5.74) is 2.56. The minimum absolute atomic E-state index is 0.711. The van der Waals surface area contributed by atoms with E-state index in [9.17, 15) is 0 Å². The molecule has 1 N–H and O–H groups in total. The van der Waals surface area contributed by atoms with Crippen molar-refractivity contribution in [3.63, 3.8) is 0 Å². The Morgan fingerprint density at radius 1 is 1.36 bits per heavy atom. The number of guanidine groups is 1. The molecule has 122 valence electrons. The van der Waals surface area contributed by atoms with Gasteiger partial charge in [0.2, 0.25) is 0 Å². The Morgan fingerprint density at radius 3 is 2.82 bits per heavy atom. The summed E-state index contributed by atoms with van der Waals surface area (Å²) in [5.74, 6) is 1.77. The van der Waals surface area contributed by atoms with Gasteiger partial charge < -0.3 is 15.0 Å². The third-order valence-electron chi connectivity index (χ3n) is 3.98. The second-order valence-electron chi connectivity index (χ2n) is 6.04. The molecule has 0 spiro atoms. The molecule has 0 saturated heterocycles. The average Bonchev–Trinajstić information content (AvgIpc) is 3.33. The summed E-state index contributed by atoms with van der Waals surface area (Å²) in [6.45, 7) is 8.37. The zero-order valence-corrected chi connectivity index (χ0v) is 14.1. The number of rotatable bonds is 8. The van der Waals surface area contributed by atoms with E-state index in [0.29, 0.717) is 6.54 Å². The van der Waals surface area contributed by atoms with Crippen LogP contribution in [0, 0.1) is 12.8 Å². The van der Waals surface area contributed by atoms with Crippen molar-refractivity contribution < 1.29 is 4.74 Å². The molecular weight excluding hydrogens is 274 g/mol. The van der Waals surface area contributed by atoms with Crippen LogP contribution in [0.2, 0.25) is 0 Å². The topological polar surface area (TPSA) is 36.9 Å². The quantitative estimate of drug-likeness (QED) is 0.456. The lowest BCUT2D eigenvalue weighted by Gasteiger charge is -2.22. The van der Waals surface area contributed by atoms with Crippen molar-refractivity contribution in [3.8, 4) is 0 Å². The first-order valence-corrected chi connectivity index (χ1v) is 8.32. The predicted molar refractivity (Wildman–Crippen MR) is 92.2 cm³/mol. The van der Waals surface area contributed by atoms with Gasteiger partial charge in [-0.25, -0.2) is 4.99 Å². The van der Waals surface area contributed by atoms with Crippen LogP contribution in [0.25, 0.3) is 0 Å². The van der Waals surface area contributed by atoms with Crippen LogP contribution in [-0.4, -0.2) is 44.2 Å². The van der Waals surface area contributed by atoms with Crippen LogP contribution in [0.4, 0.5) is 0 Å². The van der Waals surface area contributed by atoms with Gasteiger partial charge in [0, 0.05) is 26.7 Å². The van der Waals surface area contributed by atoms with E-state index >= 15 is 0 Å². The Morgan fingerprint density at radius 2 is 2.14 bits per heavy atom. The summed E-state index contributed by atoms with van der Waals surface area (Å²) in [5, 5.41) is 3.35. The lowest BCUT2D eigenvalue weighted by atomic mass is 10.1. The third kappa shape index (κ3) is 5.68. The normalized spacial score (nSPS) is 15.0. The SMILES string of the molecule is CCNC(=NCc1ccccc1C)N(C)CCOCC1CC1. The molecule has 0 heterocycles. The van der Waals surface area contributed by atoms with Gasteiger partial charge in [-0.05, 0) is 43.7 Å². The van der Waals surface area contributed by atoms with Gasteiger partial charge in [0.1, 0.15) is 0 Å². The Balaban J connectivity index is 1.83. The molecule has 1 aliphatic carbocycles. The number of aliphatic imine (C=N–C) groups is 1. The smallest absolute Gasteiger partial charge is 0.194 e. The maximum Gasteiger partial charge on any atom is 0.194 e. The molecule has 0 bridgehead atoms. The van der Waals surface area contributed by atoms with Crippen molar-refractivity contribution >= 4 is 5.96 Å². The van der Waals surface area contributed by atoms with Crippen LogP contribution in [0.1, 0.15) is 30.9 Å². The number of nitrogens with one attached hydrogen (secondary N) is 1. The van der Waals surface area contributed by atoms with Crippen LogP contribution in [0.5, 0.6) is 0 Å². The van der Waals surface area contributed by atoms with Crippen molar-refractivity contribution in [2.24, 2.45) is 10.9 Å². The fourth-order valence-electron chi connectivity index (χ4n) is 2.26. The lowest BCUT2D eigenvalue weighted by Crippen LogP contribution is -2.40. The number of hydrogen-bond donors (Lipinski definition) is 1. The van der Waals surface area contributed by atoms with Crippen molar-refractivity contribution in [1.82, 2.24) is 10.2 Å². The minimum atomic E-state index is 0.711. The standard InChI is InChI=1S/C18H29N3O/c1-4-19-18(20-13-17-8-6-5-7-15(17)2)21(3)11-12-22-14-16-9-10-16/h5-8,16H,4,9-14H2,1-3H3,(H,19,20). The molecule has 1 aliphatic rings. The van der Waals surface area contributed by atoms with Crippen molar-refractivity contribution in [2.45, 2.75) is 33.2 Å². The Labute approximate surface area is 134 Å². The highest BCUT2D eigenvalue weighted by Crippen LogP contribution is 2.28. The minimum Gasteiger partial charge on any atom is -0.379 e. The Hall–Kier alpha value is -1.55. The molecule has 0 aliphatic heterocycles. The van der Waals surface area contributed by atoms with E-state index in [0.717, 1.165) is 38.2 Å². The molecule has 1 aromatic rings. The third-order valence-corrected chi connectivity index (χ3v) is 3.98. The van der Waals surface area contributed by atoms with Gasteiger partial charge in [-0.15, -0.1) is 0 Å². The van der Waals surface area contributed by atoms with Gasteiger partial charge in [-0.1, -0.05) is 24.3 Å². The second-order valence-corrected chi connectivity index (χ2v) is 6.04. The van der Waals surface area contributed by atoms with E-state index in [1.807, 2.05) is 0 Å². The lowest BCUT2D eigenvalue weighted by molar-refractivity contribution is 0.115. The molecule has 0 radical (unpaired) electrons. The van der Waals surface area contributed by atoms with Crippen LogP contribution >= 0.6 is 0 Å². The Kier molecular flexibility index (Phi) is 6.72. The van der Waals surface area contributed by atoms with E-state index in [2.05, 4.69) is 55.4 Å². The molecule has 0 aromatic heterocycles. The molecule has 1 aromatic carbocycles. The number of ether oxygens (including phenoxy) is 1. The molecule has 0 unspecified atom stereocenters. The van der Waals surface area contributed by atoms with E-state index < -0.39 is 0 Å². The number of aryl methyl sites for hydroxylation is 1. The highest BCUT2D eigenvalue weighted by molar-refractivity contribution is 5.79. The summed E-state index contributed by atoms with van der Waals surface area (Å²) in [7, 11) is 2.07. The summed E-state index contributed by atoms with van der Waals surface area (Å²) >= 11 is 0. The summed E-state index contributed by atoms with van der Waals surface area (Å²) in [4.78, 5) is 6.89. The van der Waals surface area contributed by atoms with E-state index in [4.69, 9.17) is 9.73 Å². The van der Waals surface area contributed by atoms with Crippen molar-refractivity contribution in [1.29, 1.82) is 0 Å². The summed E-state index contributed by atoms with van der Waals surface area (Å²) in [6, 6.07) is 8.41. The summed E-state index contributed by atoms with van der Waals surface area (Å²) in [6.07, 6.45) is 2.69. The largest absolute Gasteiger partial charge is 0.379 e. The maximum absolute atomic E-state index is 5.71. The van der Waals surface area contributed by atoms with Gasteiger partial charge in [0.25, 0.3) is 0 Å². The fourth-order valence-corrected chi connectivity index (χ4v) is 2.26. The zero-order valence-electron chi connectivity index (χ0n) is 14.1. The first-order valence-electron chi connectivity index (χ1n) is 8.32. The van der Waals surface area contributed by atoms with E-state index in [1.54, 1.807) is 0 Å².